The molecule has 0 fully saturated rings. The van der Waals surface area contributed by atoms with Gasteiger partial charge in [0.2, 0.25) is 5.13 Å². The molecule has 23 heavy (non-hydrogen) atoms. The molecule has 0 aliphatic heterocycles. The number of nitrogens with zero attached hydrogens (tertiary/aromatic N) is 2. The topological polar surface area (TPSA) is 81.2 Å². The summed E-state index contributed by atoms with van der Waals surface area (Å²) in [5, 5.41) is 11.1. The van der Waals surface area contributed by atoms with Gasteiger partial charge in [0.15, 0.2) is 4.34 Å². The van der Waals surface area contributed by atoms with Crippen molar-refractivity contribution in [2.45, 2.75) is 11.3 Å². The number of anilines is 1. The highest BCUT2D eigenvalue weighted by molar-refractivity contribution is 9.10. The normalized spacial score (nSPS) is 10.4. The number of esters is 1. The number of nitrogens with one attached hydrogen (secondary N) is 1. The van der Waals surface area contributed by atoms with Crippen molar-refractivity contribution in [2.75, 3.05) is 17.7 Å². The maximum Gasteiger partial charge on any atom is 0.316 e. The van der Waals surface area contributed by atoms with Gasteiger partial charge in [0, 0.05) is 4.47 Å². The molecule has 0 bridgehead atoms. The Morgan fingerprint density at radius 2 is 2.22 bits per heavy atom. The van der Waals surface area contributed by atoms with Gasteiger partial charge in [0.05, 0.1) is 22.9 Å². The Kier molecular flexibility index (Phi) is 6.82. The summed E-state index contributed by atoms with van der Waals surface area (Å²) in [4.78, 5) is 23.4. The summed E-state index contributed by atoms with van der Waals surface area (Å²) in [5.74, 6) is -0.546. The zero-order valence-electron chi connectivity index (χ0n) is 11.8. The van der Waals surface area contributed by atoms with Crippen LogP contribution in [0.1, 0.15) is 17.3 Å². The number of hydrogen-bond donors (Lipinski definition) is 1. The second-order valence-corrected chi connectivity index (χ2v) is 7.57. The molecule has 0 saturated heterocycles. The molecule has 0 unspecified atom stereocenters. The first-order valence-corrected chi connectivity index (χ1v) is 9.35. The molecule has 1 amide bonds. The summed E-state index contributed by atoms with van der Waals surface area (Å²) in [5.41, 5.74) is 0.339. The van der Waals surface area contributed by atoms with Gasteiger partial charge in [-0.2, -0.15) is 0 Å². The molecule has 122 valence electrons. The van der Waals surface area contributed by atoms with E-state index in [1.807, 2.05) is 0 Å². The predicted molar refractivity (Wildman–Crippen MR) is 94.4 cm³/mol. The second-order valence-electron chi connectivity index (χ2n) is 4.05. The van der Waals surface area contributed by atoms with E-state index < -0.39 is 0 Å². The highest BCUT2D eigenvalue weighted by Crippen LogP contribution is 2.27. The number of benzene rings is 1. The van der Waals surface area contributed by atoms with Crippen molar-refractivity contribution in [3.8, 4) is 0 Å². The van der Waals surface area contributed by atoms with Crippen LogP contribution in [0.25, 0.3) is 0 Å². The molecule has 1 heterocycles. The molecule has 1 aromatic heterocycles. The SMILES string of the molecule is CCOC(=O)CSc1nnc(NC(=O)c2ccc(Br)cc2Cl)s1. The number of rotatable bonds is 6. The minimum Gasteiger partial charge on any atom is -0.465 e. The molecule has 1 N–H and O–H groups in total. The molecule has 0 saturated carbocycles. The number of carbonyl (C=O) groups is 2. The zero-order chi connectivity index (χ0) is 16.8. The van der Waals surface area contributed by atoms with Gasteiger partial charge in [-0.3, -0.25) is 14.9 Å². The molecule has 10 heteroatoms. The largest absolute Gasteiger partial charge is 0.465 e. The molecule has 2 aromatic rings. The van der Waals surface area contributed by atoms with Crippen LogP contribution in [0.5, 0.6) is 0 Å². The Bertz CT molecular complexity index is 726. The first-order valence-electron chi connectivity index (χ1n) is 6.38. The number of aromatic nitrogens is 2. The van der Waals surface area contributed by atoms with Crippen LogP contribution in [0.4, 0.5) is 5.13 Å². The van der Waals surface area contributed by atoms with Crippen molar-refractivity contribution in [3.63, 3.8) is 0 Å². The number of thioether (sulfide) groups is 1. The number of carbonyl (C=O) groups excluding carboxylic acids is 2. The van der Waals surface area contributed by atoms with E-state index in [0.717, 1.165) is 4.47 Å². The Morgan fingerprint density at radius 3 is 2.91 bits per heavy atom. The fourth-order valence-electron chi connectivity index (χ4n) is 1.48. The number of halogens is 2. The van der Waals surface area contributed by atoms with Crippen LogP contribution in [-0.4, -0.2) is 34.4 Å². The summed E-state index contributed by atoms with van der Waals surface area (Å²) in [7, 11) is 0. The molecule has 6 nitrogen and oxygen atoms in total. The lowest BCUT2D eigenvalue weighted by atomic mass is 10.2. The molecule has 0 aliphatic carbocycles. The average molecular weight is 437 g/mol. The van der Waals surface area contributed by atoms with Crippen LogP contribution in [0.3, 0.4) is 0 Å². The van der Waals surface area contributed by atoms with Crippen LogP contribution in [0.2, 0.25) is 5.02 Å². The summed E-state index contributed by atoms with van der Waals surface area (Å²) in [6.45, 7) is 2.08. The lowest BCUT2D eigenvalue weighted by Crippen LogP contribution is -2.12. The molecular formula is C13H11BrClN3O3S2. The molecule has 0 spiro atoms. The van der Waals surface area contributed by atoms with Gasteiger partial charge in [-0.05, 0) is 25.1 Å². The van der Waals surface area contributed by atoms with E-state index in [0.29, 0.717) is 26.7 Å². The molecule has 0 radical (unpaired) electrons. The molecule has 0 atom stereocenters. The third-order valence-electron chi connectivity index (χ3n) is 2.42. The van der Waals surface area contributed by atoms with Gasteiger partial charge in [-0.1, -0.05) is 50.6 Å². The fraction of sp³-hybridized carbons (Fsp3) is 0.231. The summed E-state index contributed by atoms with van der Waals surface area (Å²) < 4.78 is 6.17. The lowest BCUT2D eigenvalue weighted by molar-refractivity contribution is -0.139. The summed E-state index contributed by atoms with van der Waals surface area (Å²) in [6, 6.07) is 4.97. The molecule has 2 rings (SSSR count). The lowest BCUT2D eigenvalue weighted by Gasteiger charge is -2.03. The Balaban J connectivity index is 1.96. The van der Waals surface area contributed by atoms with Gasteiger partial charge in [0.25, 0.3) is 5.91 Å². The molecule has 1 aromatic carbocycles. The van der Waals surface area contributed by atoms with Crippen LogP contribution < -0.4 is 5.32 Å². The third kappa shape index (κ3) is 5.45. The van der Waals surface area contributed by atoms with E-state index >= 15 is 0 Å². The van der Waals surface area contributed by atoms with Gasteiger partial charge >= 0.3 is 5.97 Å². The van der Waals surface area contributed by atoms with Crippen molar-refractivity contribution >= 4 is 67.6 Å². The van der Waals surface area contributed by atoms with Gasteiger partial charge in [0.1, 0.15) is 0 Å². The van der Waals surface area contributed by atoms with Crippen molar-refractivity contribution in [1.82, 2.24) is 10.2 Å². The van der Waals surface area contributed by atoms with Crippen molar-refractivity contribution in [1.29, 1.82) is 0 Å². The molecule has 0 aliphatic rings. The van der Waals surface area contributed by atoms with Gasteiger partial charge in [-0.25, -0.2) is 0 Å². The van der Waals surface area contributed by atoms with Gasteiger partial charge < -0.3 is 4.74 Å². The maximum atomic E-state index is 12.2. The van der Waals surface area contributed by atoms with Crippen LogP contribution >= 0.6 is 50.6 Å². The maximum absolute atomic E-state index is 12.2. The van der Waals surface area contributed by atoms with Crippen LogP contribution in [0, 0.1) is 0 Å². The van der Waals surface area contributed by atoms with Crippen molar-refractivity contribution < 1.29 is 14.3 Å². The smallest absolute Gasteiger partial charge is 0.316 e. The first kappa shape index (κ1) is 18.2. The predicted octanol–water partition coefficient (Wildman–Crippen LogP) is 3.86. The Labute approximate surface area is 154 Å². The summed E-state index contributed by atoms with van der Waals surface area (Å²) in [6.07, 6.45) is 0. The van der Waals surface area contributed by atoms with Gasteiger partial charge in [-0.15, -0.1) is 10.2 Å². The number of ether oxygens (including phenoxy) is 1. The number of amides is 1. The zero-order valence-corrected chi connectivity index (χ0v) is 15.8. The van der Waals surface area contributed by atoms with Crippen molar-refractivity contribution in [3.05, 3.63) is 33.3 Å². The quantitative estimate of drug-likeness (QED) is 0.421. The van der Waals surface area contributed by atoms with E-state index in [1.165, 1.54) is 23.1 Å². The third-order valence-corrected chi connectivity index (χ3v) is 5.17. The van der Waals surface area contributed by atoms with Crippen molar-refractivity contribution in [2.24, 2.45) is 0 Å². The second kappa shape index (κ2) is 8.62. The average Bonchev–Trinajstić information content (AvgIpc) is 2.93. The Morgan fingerprint density at radius 1 is 1.43 bits per heavy atom. The minimum absolute atomic E-state index is 0.148. The highest BCUT2D eigenvalue weighted by Gasteiger charge is 2.14. The van der Waals surface area contributed by atoms with E-state index in [1.54, 1.807) is 25.1 Å². The number of hydrogen-bond acceptors (Lipinski definition) is 7. The highest BCUT2D eigenvalue weighted by atomic mass is 79.9. The van der Waals surface area contributed by atoms with E-state index in [9.17, 15) is 9.59 Å². The monoisotopic (exact) mass is 435 g/mol. The van der Waals surface area contributed by atoms with Crippen LogP contribution in [0.15, 0.2) is 27.0 Å². The molecular weight excluding hydrogens is 426 g/mol. The standard InChI is InChI=1S/C13H11BrClN3O3S2/c1-2-21-10(19)6-22-13-18-17-12(23-13)16-11(20)8-4-3-7(14)5-9(8)15/h3-5H,2,6H2,1H3,(H,16,17,20). The van der Waals surface area contributed by atoms with E-state index in [2.05, 4.69) is 31.4 Å². The van der Waals surface area contributed by atoms with E-state index in [4.69, 9.17) is 16.3 Å². The van der Waals surface area contributed by atoms with Crippen LogP contribution in [-0.2, 0) is 9.53 Å². The summed E-state index contributed by atoms with van der Waals surface area (Å²) >= 11 is 11.7. The fourth-order valence-corrected chi connectivity index (χ4v) is 3.78. The van der Waals surface area contributed by atoms with E-state index in [-0.39, 0.29) is 17.6 Å². The minimum atomic E-state index is -0.374. The first-order chi connectivity index (χ1) is 11.0. The Hall–Kier alpha value is -1.16.